The van der Waals surface area contributed by atoms with E-state index in [0.29, 0.717) is 19.5 Å². The second-order valence-corrected chi connectivity index (χ2v) is 7.49. The Hall–Kier alpha value is -0.690. The molecule has 0 bridgehead atoms. The first-order chi connectivity index (χ1) is 9.96. The number of hydrogen-bond acceptors (Lipinski definition) is 3. The van der Waals surface area contributed by atoms with Crippen molar-refractivity contribution in [2.75, 3.05) is 19.6 Å². The molecule has 1 saturated heterocycles. The zero-order chi connectivity index (χ0) is 15.5. The van der Waals surface area contributed by atoms with E-state index in [1.165, 1.54) is 16.4 Å². The summed E-state index contributed by atoms with van der Waals surface area (Å²) in [6.07, 6.45) is 2.40. The first-order valence-corrected chi connectivity index (χ1v) is 8.96. The van der Waals surface area contributed by atoms with E-state index >= 15 is 0 Å². The minimum absolute atomic E-state index is 0.126. The van der Waals surface area contributed by atoms with Gasteiger partial charge in [-0.25, -0.2) is 12.8 Å². The van der Waals surface area contributed by atoms with Crippen LogP contribution in [-0.4, -0.2) is 38.4 Å². The molecule has 0 radical (unpaired) electrons. The number of nitrogens with zero attached hydrogens (tertiary/aromatic N) is 1. The van der Waals surface area contributed by atoms with Crippen molar-refractivity contribution in [2.45, 2.75) is 37.1 Å². The Morgan fingerprint density at radius 2 is 2.24 bits per heavy atom. The van der Waals surface area contributed by atoms with Crippen molar-refractivity contribution in [1.29, 1.82) is 0 Å². The lowest BCUT2D eigenvalue weighted by molar-refractivity contribution is 0.265. The molecule has 1 fully saturated rings. The van der Waals surface area contributed by atoms with Crippen LogP contribution in [0.2, 0.25) is 5.02 Å². The van der Waals surface area contributed by atoms with Crippen molar-refractivity contribution in [3.8, 4) is 0 Å². The third-order valence-corrected chi connectivity index (χ3v) is 5.82. The molecule has 7 heteroatoms. The summed E-state index contributed by atoms with van der Waals surface area (Å²) in [5.74, 6) is -0.799. The summed E-state index contributed by atoms with van der Waals surface area (Å²) in [6.45, 7) is 3.80. The average Bonchev–Trinajstić information content (AvgIpc) is 2.45. The van der Waals surface area contributed by atoms with Crippen molar-refractivity contribution in [3.63, 3.8) is 0 Å². The molecule has 0 aliphatic carbocycles. The van der Waals surface area contributed by atoms with Gasteiger partial charge in [-0.05, 0) is 44.0 Å². The van der Waals surface area contributed by atoms with E-state index in [9.17, 15) is 12.8 Å². The Bertz CT molecular complexity index is 589. The van der Waals surface area contributed by atoms with E-state index in [0.717, 1.165) is 25.5 Å². The maximum atomic E-state index is 14.0. The molecule has 1 N–H and O–H groups in total. The highest BCUT2D eigenvalue weighted by Crippen LogP contribution is 2.25. The monoisotopic (exact) mass is 334 g/mol. The van der Waals surface area contributed by atoms with Crippen LogP contribution < -0.4 is 5.32 Å². The van der Waals surface area contributed by atoms with Gasteiger partial charge in [-0.15, -0.1) is 0 Å². The number of piperidine rings is 1. The maximum absolute atomic E-state index is 14.0. The molecule has 21 heavy (non-hydrogen) atoms. The molecule has 0 aromatic heterocycles. The Balaban J connectivity index is 2.36. The van der Waals surface area contributed by atoms with Gasteiger partial charge < -0.3 is 5.32 Å². The number of rotatable bonds is 5. The van der Waals surface area contributed by atoms with Gasteiger partial charge in [-0.1, -0.05) is 18.5 Å². The molecule has 1 aliphatic rings. The van der Waals surface area contributed by atoms with Crippen LogP contribution in [0.1, 0.15) is 26.2 Å². The summed E-state index contributed by atoms with van der Waals surface area (Å²) in [5.41, 5.74) is 0. The van der Waals surface area contributed by atoms with Gasteiger partial charge in [0.15, 0.2) is 0 Å². The van der Waals surface area contributed by atoms with Crippen LogP contribution in [0.3, 0.4) is 0 Å². The van der Waals surface area contributed by atoms with E-state index in [2.05, 4.69) is 5.32 Å². The third-order valence-electron chi connectivity index (χ3n) is 3.60. The molecular weight excluding hydrogens is 315 g/mol. The lowest BCUT2D eigenvalue weighted by atomic mass is 10.1. The zero-order valence-electron chi connectivity index (χ0n) is 12.0. The van der Waals surface area contributed by atoms with E-state index in [1.54, 1.807) is 0 Å². The molecule has 118 valence electrons. The second kappa shape index (κ2) is 7.05. The van der Waals surface area contributed by atoms with Gasteiger partial charge in [0, 0.05) is 24.2 Å². The van der Waals surface area contributed by atoms with E-state index in [4.69, 9.17) is 11.6 Å². The number of sulfonamides is 1. The molecule has 1 aliphatic heterocycles. The number of hydrogen-bond donors (Lipinski definition) is 1. The molecule has 0 amide bonds. The molecular formula is C14H20ClFN2O2S. The smallest absolute Gasteiger partial charge is 0.246 e. The number of benzene rings is 1. The van der Waals surface area contributed by atoms with Crippen LogP contribution >= 0.6 is 11.6 Å². The fourth-order valence-corrected chi connectivity index (χ4v) is 4.56. The Labute approximate surface area is 130 Å². The second-order valence-electron chi connectivity index (χ2n) is 5.19. The molecule has 4 nitrogen and oxygen atoms in total. The highest BCUT2D eigenvalue weighted by molar-refractivity contribution is 7.89. The standard InChI is InChI=1S/C14H20ClFN2O2S/c1-2-8-18(12-4-3-7-17-10-12)21(19,20)14-6-5-11(15)9-13(14)16/h5-6,9,12,17H,2-4,7-8,10H2,1H3. The topological polar surface area (TPSA) is 49.4 Å². The summed E-state index contributed by atoms with van der Waals surface area (Å²) in [4.78, 5) is -0.300. The van der Waals surface area contributed by atoms with Crippen LogP contribution in [0.4, 0.5) is 4.39 Å². The normalized spacial score (nSPS) is 19.9. The molecule has 0 spiro atoms. The summed E-state index contributed by atoms with van der Waals surface area (Å²) < 4.78 is 41.0. The van der Waals surface area contributed by atoms with Crippen LogP contribution in [0.5, 0.6) is 0 Å². The van der Waals surface area contributed by atoms with Gasteiger partial charge in [0.25, 0.3) is 0 Å². The summed E-state index contributed by atoms with van der Waals surface area (Å²) >= 11 is 5.70. The van der Waals surface area contributed by atoms with Crippen LogP contribution in [-0.2, 0) is 10.0 Å². The summed E-state index contributed by atoms with van der Waals surface area (Å²) in [5, 5.41) is 3.39. The molecule has 2 rings (SSSR count). The first-order valence-electron chi connectivity index (χ1n) is 7.14. The van der Waals surface area contributed by atoms with Crippen molar-refractivity contribution in [3.05, 3.63) is 29.0 Å². The third kappa shape index (κ3) is 3.74. The number of halogens is 2. The summed E-state index contributed by atoms with van der Waals surface area (Å²) in [7, 11) is -3.85. The van der Waals surface area contributed by atoms with Crippen LogP contribution in [0.25, 0.3) is 0 Å². The minimum Gasteiger partial charge on any atom is -0.315 e. The fraction of sp³-hybridized carbons (Fsp3) is 0.571. The molecule has 1 heterocycles. The van der Waals surface area contributed by atoms with Crippen LogP contribution in [0, 0.1) is 5.82 Å². The van der Waals surface area contributed by atoms with Crippen molar-refractivity contribution < 1.29 is 12.8 Å². The van der Waals surface area contributed by atoms with Crippen molar-refractivity contribution >= 4 is 21.6 Å². The van der Waals surface area contributed by atoms with E-state index in [1.807, 2.05) is 6.92 Å². The van der Waals surface area contributed by atoms with E-state index in [-0.39, 0.29) is 16.0 Å². The lowest BCUT2D eigenvalue weighted by Gasteiger charge is -2.33. The number of nitrogens with one attached hydrogen (secondary N) is 1. The predicted molar refractivity (Wildman–Crippen MR) is 81.5 cm³/mol. The maximum Gasteiger partial charge on any atom is 0.246 e. The van der Waals surface area contributed by atoms with E-state index < -0.39 is 15.8 Å². The van der Waals surface area contributed by atoms with Crippen molar-refractivity contribution in [1.82, 2.24) is 9.62 Å². The quantitative estimate of drug-likeness (QED) is 0.900. The van der Waals surface area contributed by atoms with Gasteiger partial charge in [-0.2, -0.15) is 4.31 Å². The first kappa shape index (κ1) is 16.7. The Kier molecular flexibility index (Phi) is 5.60. The average molecular weight is 335 g/mol. The van der Waals surface area contributed by atoms with Gasteiger partial charge in [0.1, 0.15) is 10.7 Å². The molecule has 1 aromatic rings. The molecule has 1 atom stereocenters. The minimum atomic E-state index is -3.85. The van der Waals surface area contributed by atoms with Crippen molar-refractivity contribution in [2.24, 2.45) is 0 Å². The van der Waals surface area contributed by atoms with Gasteiger partial charge in [0.2, 0.25) is 10.0 Å². The lowest BCUT2D eigenvalue weighted by Crippen LogP contribution is -2.49. The highest BCUT2D eigenvalue weighted by Gasteiger charge is 2.33. The predicted octanol–water partition coefficient (Wildman–Crippen LogP) is 2.63. The molecule has 0 saturated carbocycles. The molecule has 1 aromatic carbocycles. The zero-order valence-corrected chi connectivity index (χ0v) is 13.6. The Morgan fingerprint density at radius 1 is 1.48 bits per heavy atom. The largest absolute Gasteiger partial charge is 0.315 e. The fourth-order valence-electron chi connectivity index (χ4n) is 2.61. The van der Waals surface area contributed by atoms with Crippen LogP contribution in [0.15, 0.2) is 23.1 Å². The SMILES string of the molecule is CCCN(C1CCCNC1)S(=O)(=O)c1ccc(Cl)cc1F. The highest BCUT2D eigenvalue weighted by atomic mass is 35.5. The summed E-state index contributed by atoms with van der Waals surface area (Å²) in [6, 6.07) is 3.56. The van der Waals surface area contributed by atoms with Gasteiger partial charge in [0.05, 0.1) is 0 Å². The Morgan fingerprint density at radius 3 is 2.81 bits per heavy atom. The van der Waals surface area contributed by atoms with Gasteiger partial charge >= 0.3 is 0 Å². The molecule has 1 unspecified atom stereocenters. The van der Waals surface area contributed by atoms with Gasteiger partial charge in [-0.3, -0.25) is 0 Å².